The van der Waals surface area contributed by atoms with Crippen molar-refractivity contribution in [3.05, 3.63) is 71.8 Å². The molecule has 5 N–H and O–H groups in total. The Morgan fingerprint density at radius 1 is 1.09 bits per heavy atom. The number of carbonyl (C=O) groups is 2. The molecule has 3 aromatic rings. The van der Waals surface area contributed by atoms with Gasteiger partial charge >= 0.3 is 12.1 Å². The van der Waals surface area contributed by atoms with Gasteiger partial charge in [-0.25, -0.2) is 9.59 Å². The molecular formula is C25H29N5O5. The maximum atomic E-state index is 12.3. The summed E-state index contributed by atoms with van der Waals surface area (Å²) in [4.78, 5) is 24.0. The predicted octanol–water partition coefficient (Wildman–Crippen LogP) is 2.60. The van der Waals surface area contributed by atoms with Crippen molar-refractivity contribution in [1.82, 2.24) is 20.1 Å². The third-order valence-corrected chi connectivity index (χ3v) is 6.27. The fourth-order valence-corrected chi connectivity index (χ4v) is 4.52. The Balaban J connectivity index is 1.24. The molecule has 4 rings (SSSR count). The summed E-state index contributed by atoms with van der Waals surface area (Å²) in [6.07, 6.45) is 2.20. The van der Waals surface area contributed by atoms with Gasteiger partial charge in [0, 0.05) is 12.5 Å². The van der Waals surface area contributed by atoms with Crippen LogP contribution in [0.5, 0.6) is 0 Å². The Hall–Kier alpha value is -3.76. The van der Waals surface area contributed by atoms with Crippen LogP contribution in [-0.2, 0) is 9.53 Å². The number of amides is 1. The van der Waals surface area contributed by atoms with E-state index in [-0.39, 0.29) is 25.0 Å². The molecular weight excluding hydrogens is 450 g/mol. The Bertz CT molecular complexity index is 1130. The van der Waals surface area contributed by atoms with Gasteiger partial charge in [0.25, 0.3) is 0 Å². The number of aliphatic hydroxyl groups excluding tert-OH is 1. The molecule has 0 spiro atoms. The number of ether oxygens (including phenoxy) is 1. The monoisotopic (exact) mass is 479 g/mol. The number of fused-ring (bicyclic) bond motifs is 3. The highest BCUT2D eigenvalue weighted by atomic mass is 16.5. The number of unbranched alkanes of at least 4 members (excludes halogenated alkanes) is 1. The van der Waals surface area contributed by atoms with Gasteiger partial charge in [0.2, 0.25) is 0 Å². The molecule has 1 aliphatic rings. The second-order valence-electron chi connectivity index (χ2n) is 8.49. The summed E-state index contributed by atoms with van der Waals surface area (Å²) >= 11 is 0. The summed E-state index contributed by atoms with van der Waals surface area (Å²) in [7, 11) is 0. The first kappa shape index (κ1) is 24.4. The minimum atomic E-state index is -1.04. The first-order valence-corrected chi connectivity index (χ1v) is 11.6. The molecule has 10 nitrogen and oxygen atoms in total. The molecule has 0 bridgehead atoms. The number of alkyl carbamates (subject to hydrolysis) is 1. The van der Waals surface area contributed by atoms with Crippen LogP contribution in [-0.4, -0.2) is 56.8 Å². The number of aromatic nitrogens is 3. The number of nitrogens with zero attached hydrogens (tertiary/aromatic N) is 3. The molecule has 0 fully saturated rings. The number of aliphatic hydroxyl groups is 1. The smallest absolute Gasteiger partial charge is 0.407 e. The number of benzene rings is 2. The lowest BCUT2D eigenvalue weighted by atomic mass is 9.98. The molecule has 35 heavy (non-hydrogen) atoms. The van der Waals surface area contributed by atoms with Crippen molar-refractivity contribution in [2.24, 2.45) is 5.73 Å². The number of aliphatic carboxylic acids is 1. The quantitative estimate of drug-likeness (QED) is 0.306. The highest BCUT2D eigenvalue weighted by molar-refractivity contribution is 5.79. The SMILES string of the molecule is N[C@@H](CO)c1nncn1[C@@H](CCCCNC(=O)OCC1c2ccccc2-c2ccccc21)C(=O)O. The number of nitrogens with two attached hydrogens (primary N) is 1. The van der Waals surface area contributed by atoms with Crippen molar-refractivity contribution in [3.63, 3.8) is 0 Å². The molecule has 0 saturated heterocycles. The van der Waals surface area contributed by atoms with E-state index < -0.39 is 24.1 Å². The van der Waals surface area contributed by atoms with E-state index in [0.29, 0.717) is 25.8 Å². The first-order chi connectivity index (χ1) is 17.0. The lowest BCUT2D eigenvalue weighted by Gasteiger charge is -2.18. The topological polar surface area (TPSA) is 153 Å². The third-order valence-electron chi connectivity index (χ3n) is 6.27. The Morgan fingerprint density at radius 2 is 1.74 bits per heavy atom. The normalized spacial score (nSPS) is 14.1. The van der Waals surface area contributed by atoms with E-state index in [2.05, 4.69) is 39.8 Å². The van der Waals surface area contributed by atoms with E-state index >= 15 is 0 Å². The van der Waals surface area contributed by atoms with Crippen LogP contribution in [0, 0.1) is 0 Å². The maximum Gasteiger partial charge on any atom is 0.407 e. The number of hydrogen-bond donors (Lipinski definition) is 4. The zero-order chi connectivity index (χ0) is 24.8. The van der Waals surface area contributed by atoms with Crippen molar-refractivity contribution in [2.75, 3.05) is 19.8 Å². The number of carboxylic acids is 1. The molecule has 1 heterocycles. The van der Waals surface area contributed by atoms with E-state index in [0.717, 1.165) is 11.1 Å². The number of carboxylic acid groups (broad SMARTS) is 1. The van der Waals surface area contributed by atoms with Crippen molar-refractivity contribution < 1.29 is 24.5 Å². The second kappa shape index (κ2) is 11.1. The highest BCUT2D eigenvalue weighted by Gasteiger charge is 2.29. The van der Waals surface area contributed by atoms with Crippen molar-refractivity contribution >= 4 is 12.1 Å². The minimum absolute atomic E-state index is 0.00671. The summed E-state index contributed by atoms with van der Waals surface area (Å²) < 4.78 is 6.89. The van der Waals surface area contributed by atoms with E-state index in [4.69, 9.17) is 10.5 Å². The largest absolute Gasteiger partial charge is 0.480 e. The molecule has 0 saturated carbocycles. The summed E-state index contributed by atoms with van der Waals surface area (Å²) in [5.74, 6) is -0.829. The minimum Gasteiger partial charge on any atom is -0.480 e. The first-order valence-electron chi connectivity index (χ1n) is 11.6. The standard InChI is InChI=1S/C25H29N5O5/c26-21(13-31)23-29-28-15-30(23)22(24(32)33)11-5-6-12-27-25(34)35-14-20-18-9-3-1-7-16(18)17-8-2-4-10-19(17)20/h1-4,7-10,15,20-22,31H,5-6,11-14,26H2,(H,27,34)(H,32,33)/t21-,22-/m0/s1. The number of rotatable bonds is 11. The van der Waals surface area contributed by atoms with Gasteiger partial charge in [-0.05, 0) is 41.5 Å². The molecule has 0 unspecified atom stereocenters. The molecule has 2 aromatic carbocycles. The molecule has 1 aromatic heterocycles. The Kier molecular flexibility index (Phi) is 7.74. The summed E-state index contributed by atoms with van der Waals surface area (Å²) in [5.41, 5.74) is 10.4. The van der Waals surface area contributed by atoms with Crippen LogP contribution in [0.15, 0.2) is 54.9 Å². The van der Waals surface area contributed by atoms with Crippen molar-refractivity contribution in [1.29, 1.82) is 0 Å². The second-order valence-corrected chi connectivity index (χ2v) is 8.49. The Labute approximate surface area is 202 Å². The van der Waals surface area contributed by atoms with E-state index in [1.165, 1.54) is 22.0 Å². The molecule has 1 aliphatic carbocycles. The van der Waals surface area contributed by atoms with E-state index in [1.807, 2.05) is 24.3 Å². The zero-order valence-corrected chi connectivity index (χ0v) is 19.2. The Morgan fingerprint density at radius 3 is 2.37 bits per heavy atom. The summed E-state index contributed by atoms with van der Waals surface area (Å²) in [6.45, 7) is 0.228. The third kappa shape index (κ3) is 5.33. The fourth-order valence-electron chi connectivity index (χ4n) is 4.52. The molecule has 1 amide bonds. The molecule has 0 aliphatic heterocycles. The molecule has 0 radical (unpaired) electrons. The number of nitrogens with one attached hydrogen (secondary N) is 1. The maximum absolute atomic E-state index is 12.3. The molecule has 10 heteroatoms. The summed E-state index contributed by atoms with van der Waals surface area (Å²) in [6, 6.07) is 14.6. The van der Waals surface area contributed by atoms with E-state index in [9.17, 15) is 19.8 Å². The van der Waals surface area contributed by atoms with E-state index in [1.54, 1.807) is 0 Å². The van der Waals surface area contributed by atoms with Crippen LogP contribution in [0.4, 0.5) is 4.79 Å². The van der Waals surface area contributed by atoms with Crippen LogP contribution in [0.1, 0.15) is 54.2 Å². The van der Waals surface area contributed by atoms with Gasteiger partial charge in [-0.15, -0.1) is 10.2 Å². The summed E-state index contributed by atoms with van der Waals surface area (Å²) in [5, 5.41) is 29.2. The van der Waals surface area contributed by atoms with Crippen LogP contribution >= 0.6 is 0 Å². The fraction of sp³-hybridized carbons (Fsp3) is 0.360. The lowest BCUT2D eigenvalue weighted by Crippen LogP contribution is -2.28. The highest BCUT2D eigenvalue weighted by Crippen LogP contribution is 2.44. The van der Waals surface area contributed by atoms with Gasteiger partial charge in [0.05, 0.1) is 12.6 Å². The average molecular weight is 480 g/mol. The number of hydrogen-bond acceptors (Lipinski definition) is 7. The molecule has 2 atom stereocenters. The van der Waals surface area contributed by atoms with Crippen molar-refractivity contribution in [3.8, 4) is 11.1 Å². The van der Waals surface area contributed by atoms with Crippen LogP contribution in [0.25, 0.3) is 11.1 Å². The lowest BCUT2D eigenvalue weighted by molar-refractivity contribution is -0.141. The van der Waals surface area contributed by atoms with Crippen LogP contribution in [0.3, 0.4) is 0 Å². The van der Waals surface area contributed by atoms with Gasteiger partial charge in [-0.2, -0.15) is 0 Å². The van der Waals surface area contributed by atoms with Gasteiger partial charge in [0.1, 0.15) is 19.0 Å². The zero-order valence-electron chi connectivity index (χ0n) is 19.2. The number of carbonyl (C=O) groups excluding carboxylic acids is 1. The van der Waals surface area contributed by atoms with Crippen molar-refractivity contribution in [2.45, 2.75) is 37.3 Å². The predicted molar refractivity (Wildman–Crippen MR) is 128 cm³/mol. The van der Waals surface area contributed by atoms with Gasteiger partial charge in [0.15, 0.2) is 5.82 Å². The van der Waals surface area contributed by atoms with Crippen LogP contribution < -0.4 is 11.1 Å². The van der Waals surface area contributed by atoms with Gasteiger partial charge in [-0.1, -0.05) is 48.5 Å². The average Bonchev–Trinajstić information content (AvgIpc) is 3.47. The van der Waals surface area contributed by atoms with Gasteiger partial charge in [-0.3, -0.25) is 0 Å². The molecule has 184 valence electrons. The van der Waals surface area contributed by atoms with Crippen LogP contribution in [0.2, 0.25) is 0 Å². The van der Waals surface area contributed by atoms with Gasteiger partial charge < -0.3 is 30.6 Å².